The average molecular weight is 456 g/mol. The van der Waals surface area contributed by atoms with E-state index in [1.807, 2.05) is 0 Å². The van der Waals surface area contributed by atoms with E-state index in [2.05, 4.69) is 31.9 Å². The second-order valence-corrected chi connectivity index (χ2v) is 7.34. The van der Waals surface area contributed by atoms with Crippen molar-refractivity contribution in [3.63, 3.8) is 0 Å². The van der Waals surface area contributed by atoms with Gasteiger partial charge in [-0.1, -0.05) is 27.5 Å². The summed E-state index contributed by atoms with van der Waals surface area (Å²) in [4.78, 5) is -0.911. The molecule has 0 nitrogen and oxygen atoms in total. The zero-order valence-corrected chi connectivity index (χ0v) is 13.8. The molecule has 1 atom stereocenters. The van der Waals surface area contributed by atoms with E-state index in [1.165, 1.54) is 6.07 Å². The zero-order chi connectivity index (χ0) is 15.2. The first-order valence-corrected chi connectivity index (χ1v) is 7.76. The van der Waals surface area contributed by atoms with Crippen molar-refractivity contribution >= 4 is 54.8 Å². The van der Waals surface area contributed by atoms with Crippen LogP contribution in [0.25, 0.3) is 0 Å². The van der Waals surface area contributed by atoms with Crippen molar-refractivity contribution in [2.45, 2.75) is 4.83 Å². The van der Waals surface area contributed by atoms with Gasteiger partial charge in [-0.2, -0.15) is 0 Å². The predicted octanol–water partition coefficient (Wildman–Crippen LogP) is 6.34. The molecule has 1 aromatic heterocycles. The quantitative estimate of drug-likeness (QED) is 0.214. The Balaban J connectivity index is 2.63. The first kappa shape index (κ1) is 16.2. The Bertz CT molecular complexity index is 639. The van der Waals surface area contributed by atoms with Gasteiger partial charge in [-0.25, -0.2) is 22.0 Å². The van der Waals surface area contributed by atoms with Gasteiger partial charge in [-0.05, 0) is 22.0 Å². The molecule has 0 saturated heterocycles. The van der Waals surface area contributed by atoms with Crippen molar-refractivity contribution in [1.82, 2.24) is 0 Å². The van der Waals surface area contributed by atoms with Crippen LogP contribution in [0.15, 0.2) is 9.85 Å². The van der Waals surface area contributed by atoms with E-state index < -0.39 is 39.5 Å². The van der Waals surface area contributed by atoms with Gasteiger partial charge in [0.1, 0.15) is 0 Å². The van der Waals surface area contributed by atoms with Gasteiger partial charge in [0.25, 0.3) is 0 Å². The molecule has 20 heavy (non-hydrogen) atoms. The molecule has 9 heteroatoms. The third kappa shape index (κ3) is 2.63. The summed E-state index contributed by atoms with van der Waals surface area (Å²) in [6.45, 7) is 0. The maximum Gasteiger partial charge on any atom is 0.200 e. The number of thiophene rings is 1. The molecular weight excluding hydrogens is 454 g/mol. The first-order valence-electron chi connectivity index (χ1n) is 4.85. The number of halogens is 8. The number of hydrogen-bond donors (Lipinski definition) is 0. The molecular formula is C11H2Br2ClF5S. The number of hydrogen-bond acceptors (Lipinski definition) is 1. The monoisotopic (exact) mass is 454 g/mol. The fourth-order valence-corrected chi connectivity index (χ4v) is 4.02. The van der Waals surface area contributed by atoms with Gasteiger partial charge in [-0.15, -0.1) is 11.3 Å². The summed E-state index contributed by atoms with van der Waals surface area (Å²) in [6, 6.07) is 1.37. The molecule has 0 radical (unpaired) electrons. The van der Waals surface area contributed by atoms with Crippen molar-refractivity contribution < 1.29 is 22.0 Å². The van der Waals surface area contributed by atoms with E-state index >= 15 is 0 Å². The van der Waals surface area contributed by atoms with Crippen molar-refractivity contribution in [2.75, 3.05) is 0 Å². The molecule has 2 rings (SSSR count). The minimum atomic E-state index is -2.19. The highest BCUT2D eigenvalue weighted by Gasteiger charge is 2.31. The van der Waals surface area contributed by atoms with Gasteiger partial charge in [0, 0.05) is 10.4 Å². The minimum Gasteiger partial charge on any atom is -0.203 e. The molecule has 1 unspecified atom stereocenters. The van der Waals surface area contributed by atoms with Crippen LogP contribution in [0.3, 0.4) is 0 Å². The Labute approximate surface area is 135 Å². The molecule has 1 heterocycles. The lowest BCUT2D eigenvalue weighted by Crippen LogP contribution is -2.08. The van der Waals surface area contributed by atoms with E-state index in [0.717, 1.165) is 11.3 Å². The lowest BCUT2D eigenvalue weighted by molar-refractivity contribution is 0.371. The topological polar surface area (TPSA) is 0 Å². The van der Waals surface area contributed by atoms with Gasteiger partial charge in [0.15, 0.2) is 23.3 Å². The predicted molar refractivity (Wildman–Crippen MR) is 74.0 cm³/mol. The molecule has 108 valence electrons. The number of alkyl halides is 1. The Morgan fingerprint density at radius 3 is 1.80 bits per heavy atom. The summed E-state index contributed by atoms with van der Waals surface area (Å²) >= 11 is 12.8. The van der Waals surface area contributed by atoms with Crippen LogP contribution in [0.4, 0.5) is 22.0 Å². The fourth-order valence-electron chi connectivity index (χ4n) is 1.47. The van der Waals surface area contributed by atoms with Crippen molar-refractivity contribution in [3.05, 3.63) is 54.4 Å². The highest BCUT2D eigenvalue weighted by Crippen LogP contribution is 2.43. The van der Waals surface area contributed by atoms with Gasteiger partial charge in [-0.3, -0.25) is 0 Å². The van der Waals surface area contributed by atoms with Gasteiger partial charge in [0.05, 0.1) is 13.6 Å². The Hall–Kier alpha value is -0.180. The third-order valence-electron chi connectivity index (χ3n) is 2.41. The van der Waals surface area contributed by atoms with Crippen LogP contribution in [0.1, 0.15) is 15.3 Å². The standard InChI is InChI=1S/C11H2Br2ClF5S/c12-5(3-1-2(14)11(13)20-3)4-6(15)8(17)10(19)9(18)7(4)16/h1,5H. The Morgan fingerprint density at radius 1 is 0.950 bits per heavy atom. The molecule has 0 spiro atoms. The van der Waals surface area contributed by atoms with Crippen LogP contribution >= 0.6 is 54.8 Å². The van der Waals surface area contributed by atoms with Gasteiger partial charge < -0.3 is 0 Å². The summed E-state index contributed by atoms with van der Waals surface area (Å²) in [6.07, 6.45) is 0. The molecule has 0 bridgehead atoms. The van der Waals surface area contributed by atoms with E-state index in [-0.39, 0.29) is 5.02 Å². The minimum absolute atomic E-state index is 0.276. The van der Waals surface area contributed by atoms with Crippen molar-refractivity contribution in [2.24, 2.45) is 0 Å². The van der Waals surface area contributed by atoms with Crippen molar-refractivity contribution in [1.29, 1.82) is 0 Å². The van der Waals surface area contributed by atoms with E-state index in [1.54, 1.807) is 0 Å². The lowest BCUT2D eigenvalue weighted by Gasteiger charge is -2.12. The second kappa shape index (κ2) is 5.90. The largest absolute Gasteiger partial charge is 0.203 e. The maximum atomic E-state index is 13.7. The third-order valence-corrected chi connectivity index (χ3v) is 6.20. The van der Waals surface area contributed by atoms with Gasteiger partial charge >= 0.3 is 0 Å². The summed E-state index contributed by atoms with van der Waals surface area (Å²) < 4.78 is 67.1. The molecule has 0 fully saturated rings. The highest BCUT2D eigenvalue weighted by atomic mass is 79.9. The van der Waals surface area contributed by atoms with Crippen LogP contribution < -0.4 is 0 Å². The van der Waals surface area contributed by atoms with E-state index in [9.17, 15) is 22.0 Å². The molecule has 0 N–H and O–H groups in total. The van der Waals surface area contributed by atoms with Crippen LogP contribution in [0, 0.1) is 29.1 Å². The van der Waals surface area contributed by atoms with E-state index in [4.69, 9.17) is 11.6 Å². The molecule has 2 aromatic rings. The fraction of sp³-hybridized carbons (Fsp3) is 0.0909. The SMILES string of the molecule is Fc1c(F)c(F)c(C(Br)c2cc(Cl)c(Br)s2)c(F)c1F. The van der Waals surface area contributed by atoms with E-state index in [0.29, 0.717) is 8.66 Å². The lowest BCUT2D eigenvalue weighted by atomic mass is 10.1. The Kier molecular flexibility index (Phi) is 4.78. The molecule has 0 aliphatic rings. The first-order chi connectivity index (χ1) is 9.25. The molecule has 1 aromatic carbocycles. The normalized spacial score (nSPS) is 12.8. The zero-order valence-electron chi connectivity index (χ0n) is 9.09. The average Bonchev–Trinajstić information content (AvgIpc) is 2.74. The Morgan fingerprint density at radius 2 is 1.40 bits per heavy atom. The summed E-state index contributed by atoms with van der Waals surface area (Å²) in [5.41, 5.74) is -0.952. The molecule has 0 saturated carbocycles. The molecule has 0 aliphatic heterocycles. The second-order valence-electron chi connectivity index (χ2n) is 3.62. The molecule has 0 amide bonds. The summed E-state index contributed by atoms with van der Waals surface area (Å²) in [5, 5.41) is 0.276. The van der Waals surface area contributed by atoms with Gasteiger partial charge in [0.2, 0.25) is 5.82 Å². The summed E-state index contributed by atoms with van der Waals surface area (Å²) in [5.74, 6) is -9.89. The maximum absolute atomic E-state index is 13.7. The van der Waals surface area contributed by atoms with Crippen LogP contribution in [0.2, 0.25) is 5.02 Å². The van der Waals surface area contributed by atoms with Crippen LogP contribution in [-0.4, -0.2) is 0 Å². The number of rotatable bonds is 2. The van der Waals surface area contributed by atoms with Crippen molar-refractivity contribution in [3.8, 4) is 0 Å². The van der Waals surface area contributed by atoms with Crippen LogP contribution in [0.5, 0.6) is 0 Å². The molecule has 0 aliphatic carbocycles. The smallest absolute Gasteiger partial charge is 0.200 e. The summed E-state index contributed by atoms with van der Waals surface area (Å²) in [7, 11) is 0. The number of benzene rings is 1. The van der Waals surface area contributed by atoms with Crippen LogP contribution in [-0.2, 0) is 0 Å². The highest BCUT2D eigenvalue weighted by molar-refractivity contribution is 9.11.